The second kappa shape index (κ2) is 6.19. The number of nitro benzene ring substituents is 1. The molecule has 0 saturated heterocycles. The summed E-state index contributed by atoms with van der Waals surface area (Å²) in [5.41, 5.74) is 3.32. The fourth-order valence-electron chi connectivity index (χ4n) is 2.08. The maximum Gasteiger partial charge on any atom is 0.271 e. The van der Waals surface area contributed by atoms with E-state index in [4.69, 9.17) is 0 Å². The van der Waals surface area contributed by atoms with Gasteiger partial charge in [0, 0.05) is 23.9 Å². The molecule has 2 aromatic carbocycles. The second-order valence-electron chi connectivity index (χ2n) is 4.77. The molecule has 104 valence electrons. The van der Waals surface area contributed by atoms with Crippen molar-refractivity contribution in [3.05, 3.63) is 69.8 Å². The van der Waals surface area contributed by atoms with E-state index in [0.29, 0.717) is 0 Å². The lowest BCUT2D eigenvalue weighted by Crippen LogP contribution is -2.06. The van der Waals surface area contributed by atoms with Gasteiger partial charge in [0.15, 0.2) is 0 Å². The summed E-state index contributed by atoms with van der Waals surface area (Å²) in [7, 11) is 0. The maximum atomic E-state index is 10.8. The standard InChI is InChI=1S/C16H18N2O2/c1-3-13-7-9-14(10-8-13)12(2)17-15-5-4-6-16(11-15)18(19)20/h4-12,17H,3H2,1-2H3. The van der Waals surface area contributed by atoms with Gasteiger partial charge in [-0.1, -0.05) is 37.3 Å². The molecule has 1 N–H and O–H groups in total. The van der Waals surface area contributed by atoms with Crippen molar-refractivity contribution in [1.29, 1.82) is 0 Å². The van der Waals surface area contributed by atoms with E-state index in [9.17, 15) is 10.1 Å². The molecule has 20 heavy (non-hydrogen) atoms. The van der Waals surface area contributed by atoms with Gasteiger partial charge < -0.3 is 5.32 Å². The van der Waals surface area contributed by atoms with Crippen molar-refractivity contribution in [3.63, 3.8) is 0 Å². The predicted molar refractivity (Wildman–Crippen MR) is 81.0 cm³/mol. The molecule has 0 heterocycles. The molecule has 1 unspecified atom stereocenters. The highest BCUT2D eigenvalue weighted by Crippen LogP contribution is 2.23. The first-order valence-corrected chi connectivity index (χ1v) is 6.70. The first-order valence-electron chi connectivity index (χ1n) is 6.70. The number of hydrogen-bond acceptors (Lipinski definition) is 3. The molecule has 0 aliphatic rings. The fraction of sp³-hybridized carbons (Fsp3) is 0.250. The third-order valence-electron chi connectivity index (χ3n) is 3.33. The van der Waals surface area contributed by atoms with Crippen LogP contribution in [0, 0.1) is 10.1 Å². The molecule has 0 fully saturated rings. The molecular formula is C16H18N2O2. The second-order valence-corrected chi connectivity index (χ2v) is 4.77. The van der Waals surface area contributed by atoms with Crippen molar-refractivity contribution in [2.45, 2.75) is 26.3 Å². The van der Waals surface area contributed by atoms with Crippen LogP contribution in [0.3, 0.4) is 0 Å². The van der Waals surface area contributed by atoms with Gasteiger partial charge in [0.05, 0.1) is 4.92 Å². The fourth-order valence-corrected chi connectivity index (χ4v) is 2.08. The van der Waals surface area contributed by atoms with Crippen LogP contribution in [0.4, 0.5) is 11.4 Å². The number of rotatable bonds is 5. The molecule has 4 heteroatoms. The highest BCUT2D eigenvalue weighted by atomic mass is 16.6. The largest absolute Gasteiger partial charge is 0.378 e. The van der Waals surface area contributed by atoms with Gasteiger partial charge in [-0.2, -0.15) is 0 Å². The lowest BCUT2D eigenvalue weighted by atomic mass is 10.0. The molecule has 0 aliphatic heterocycles. The van der Waals surface area contributed by atoms with Crippen LogP contribution in [0.2, 0.25) is 0 Å². The summed E-state index contributed by atoms with van der Waals surface area (Å²) in [5.74, 6) is 0. The predicted octanol–water partition coefficient (Wildman–Crippen LogP) is 4.33. The van der Waals surface area contributed by atoms with Crippen LogP contribution in [0.25, 0.3) is 0 Å². The smallest absolute Gasteiger partial charge is 0.271 e. The Morgan fingerprint density at radius 1 is 1.20 bits per heavy atom. The molecule has 2 aromatic rings. The number of hydrogen-bond donors (Lipinski definition) is 1. The maximum absolute atomic E-state index is 10.8. The first kappa shape index (κ1) is 14.1. The van der Waals surface area contributed by atoms with Crippen molar-refractivity contribution in [3.8, 4) is 0 Å². The highest BCUT2D eigenvalue weighted by molar-refractivity contribution is 5.52. The van der Waals surface area contributed by atoms with Crippen LogP contribution >= 0.6 is 0 Å². The van der Waals surface area contributed by atoms with E-state index in [1.54, 1.807) is 12.1 Å². The number of benzene rings is 2. The van der Waals surface area contributed by atoms with E-state index in [-0.39, 0.29) is 16.7 Å². The number of anilines is 1. The van der Waals surface area contributed by atoms with Gasteiger partial charge in [0.2, 0.25) is 0 Å². The van der Waals surface area contributed by atoms with E-state index in [1.165, 1.54) is 11.6 Å². The zero-order valence-corrected chi connectivity index (χ0v) is 11.7. The van der Waals surface area contributed by atoms with Gasteiger partial charge in [0.1, 0.15) is 0 Å². The summed E-state index contributed by atoms with van der Waals surface area (Å²) in [6, 6.07) is 15.1. The number of nitrogens with zero attached hydrogens (tertiary/aromatic N) is 1. The van der Waals surface area contributed by atoms with E-state index >= 15 is 0 Å². The minimum Gasteiger partial charge on any atom is -0.378 e. The minimum atomic E-state index is -0.383. The van der Waals surface area contributed by atoms with Gasteiger partial charge in [0.25, 0.3) is 5.69 Å². The van der Waals surface area contributed by atoms with Crippen molar-refractivity contribution in [1.82, 2.24) is 0 Å². The molecule has 1 atom stereocenters. The van der Waals surface area contributed by atoms with Crippen molar-refractivity contribution < 1.29 is 4.92 Å². The molecule has 0 spiro atoms. The molecule has 2 rings (SSSR count). The average Bonchev–Trinajstić information content (AvgIpc) is 2.47. The summed E-state index contributed by atoms with van der Waals surface area (Å²) >= 11 is 0. The Hall–Kier alpha value is -2.36. The summed E-state index contributed by atoms with van der Waals surface area (Å²) in [6.07, 6.45) is 1.02. The summed E-state index contributed by atoms with van der Waals surface area (Å²) in [6.45, 7) is 4.17. The van der Waals surface area contributed by atoms with E-state index in [2.05, 4.69) is 36.5 Å². The first-order chi connectivity index (χ1) is 9.60. The third-order valence-corrected chi connectivity index (χ3v) is 3.33. The number of aryl methyl sites for hydroxylation is 1. The van der Waals surface area contributed by atoms with E-state index in [1.807, 2.05) is 13.0 Å². The van der Waals surface area contributed by atoms with Gasteiger partial charge in [-0.3, -0.25) is 10.1 Å². The van der Waals surface area contributed by atoms with Crippen LogP contribution in [-0.2, 0) is 6.42 Å². The highest BCUT2D eigenvalue weighted by Gasteiger charge is 2.09. The van der Waals surface area contributed by atoms with Crippen LogP contribution in [0.1, 0.15) is 31.0 Å². The van der Waals surface area contributed by atoms with Crippen molar-refractivity contribution >= 4 is 11.4 Å². The Bertz CT molecular complexity index is 594. The average molecular weight is 270 g/mol. The van der Waals surface area contributed by atoms with Crippen molar-refractivity contribution in [2.75, 3.05) is 5.32 Å². The van der Waals surface area contributed by atoms with Crippen LogP contribution < -0.4 is 5.32 Å². The molecular weight excluding hydrogens is 252 g/mol. The molecule has 0 radical (unpaired) electrons. The van der Waals surface area contributed by atoms with Crippen molar-refractivity contribution in [2.24, 2.45) is 0 Å². The topological polar surface area (TPSA) is 55.2 Å². The zero-order chi connectivity index (χ0) is 14.5. The van der Waals surface area contributed by atoms with E-state index in [0.717, 1.165) is 17.7 Å². The van der Waals surface area contributed by atoms with Gasteiger partial charge in [-0.25, -0.2) is 0 Å². The summed E-state index contributed by atoms with van der Waals surface area (Å²) in [5, 5.41) is 14.0. The Balaban J connectivity index is 2.12. The Morgan fingerprint density at radius 2 is 1.90 bits per heavy atom. The third kappa shape index (κ3) is 3.35. The Morgan fingerprint density at radius 3 is 2.50 bits per heavy atom. The lowest BCUT2D eigenvalue weighted by Gasteiger charge is -2.16. The number of nitro groups is 1. The molecule has 0 bridgehead atoms. The van der Waals surface area contributed by atoms with Crippen LogP contribution in [0.15, 0.2) is 48.5 Å². The summed E-state index contributed by atoms with van der Waals surface area (Å²) in [4.78, 5) is 10.4. The molecule has 0 amide bonds. The Labute approximate surface area is 118 Å². The molecule has 0 aliphatic carbocycles. The monoisotopic (exact) mass is 270 g/mol. The molecule has 0 saturated carbocycles. The number of nitrogens with one attached hydrogen (secondary N) is 1. The van der Waals surface area contributed by atoms with Crippen LogP contribution in [-0.4, -0.2) is 4.92 Å². The van der Waals surface area contributed by atoms with Gasteiger partial charge >= 0.3 is 0 Å². The number of non-ortho nitro benzene ring substituents is 1. The SMILES string of the molecule is CCc1ccc(C(C)Nc2cccc([N+](=O)[O-])c2)cc1. The zero-order valence-electron chi connectivity index (χ0n) is 11.7. The summed E-state index contributed by atoms with van der Waals surface area (Å²) < 4.78 is 0. The van der Waals surface area contributed by atoms with Gasteiger partial charge in [-0.05, 0) is 30.5 Å². The van der Waals surface area contributed by atoms with Gasteiger partial charge in [-0.15, -0.1) is 0 Å². The molecule has 0 aromatic heterocycles. The normalized spacial score (nSPS) is 11.9. The Kier molecular flexibility index (Phi) is 4.35. The van der Waals surface area contributed by atoms with E-state index < -0.39 is 0 Å². The van der Waals surface area contributed by atoms with Crippen LogP contribution in [0.5, 0.6) is 0 Å². The quantitative estimate of drug-likeness (QED) is 0.650. The minimum absolute atomic E-state index is 0.0999. The molecule has 4 nitrogen and oxygen atoms in total. The lowest BCUT2D eigenvalue weighted by molar-refractivity contribution is -0.384.